The second-order valence-corrected chi connectivity index (χ2v) is 4.24. The molecule has 66 valence electrons. The van der Waals surface area contributed by atoms with Crippen LogP contribution in [0.25, 0.3) is 0 Å². The van der Waals surface area contributed by atoms with E-state index in [1.54, 1.807) is 0 Å². The van der Waals surface area contributed by atoms with Gasteiger partial charge in [0.2, 0.25) is 0 Å². The van der Waals surface area contributed by atoms with Gasteiger partial charge in [-0.25, -0.2) is 0 Å². The summed E-state index contributed by atoms with van der Waals surface area (Å²) >= 11 is 1.92. The third-order valence-corrected chi connectivity index (χ3v) is 2.91. The van der Waals surface area contributed by atoms with Gasteiger partial charge in [0.1, 0.15) is 0 Å². The molecule has 1 heterocycles. The highest BCUT2D eigenvalue weighted by Crippen LogP contribution is 2.14. The van der Waals surface area contributed by atoms with Gasteiger partial charge in [0.25, 0.3) is 0 Å². The van der Waals surface area contributed by atoms with Crippen LogP contribution in [0, 0.1) is 0 Å². The molecule has 0 radical (unpaired) electrons. The molecule has 1 unspecified atom stereocenters. The summed E-state index contributed by atoms with van der Waals surface area (Å²) in [6.45, 7) is 2.54. The topological polar surface area (TPSA) is 6.48 Å². The number of rotatable bonds is 3. The third-order valence-electron chi connectivity index (χ3n) is 2.29. The fourth-order valence-electron chi connectivity index (χ4n) is 1.53. The molecule has 0 saturated carbocycles. The predicted molar refractivity (Wildman–Crippen MR) is 52.0 cm³/mol. The Morgan fingerprint density at radius 2 is 2.27 bits per heavy atom. The standard InChI is InChI=1S/C8H18N2S/c1-9(2)8-4-5-10(6-8)7-11-3/h8H,4-7H2,1-3H3. The maximum absolute atomic E-state index is 2.52. The van der Waals surface area contributed by atoms with E-state index in [4.69, 9.17) is 0 Å². The second-order valence-electron chi connectivity index (χ2n) is 3.40. The smallest absolute Gasteiger partial charge is 0.0442 e. The van der Waals surface area contributed by atoms with E-state index < -0.39 is 0 Å². The van der Waals surface area contributed by atoms with E-state index in [-0.39, 0.29) is 0 Å². The summed E-state index contributed by atoms with van der Waals surface area (Å²) in [7, 11) is 4.35. The van der Waals surface area contributed by atoms with E-state index in [0.717, 1.165) is 6.04 Å². The molecule has 1 aliphatic rings. The van der Waals surface area contributed by atoms with Crippen LogP contribution in [0.15, 0.2) is 0 Å². The number of nitrogens with zero attached hydrogens (tertiary/aromatic N) is 2. The van der Waals surface area contributed by atoms with Gasteiger partial charge in [-0.05, 0) is 26.8 Å². The molecule has 0 aromatic rings. The Balaban J connectivity index is 2.23. The van der Waals surface area contributed by atoms with Crippen molar-refractivity contribution in [3.8, 4) is 0 Å². The van der Waals surface area contributed by atoms with Crippen molar-refractivity contribution >= 4 is 11.8 Å². The largest absolute Gasteiger partial charge is 0.305 e. The van der Waals surface area contributed by atoms with Crippen LogP contribution in [0.2, 0.25) is 0 Å². The molecule has 1 fully saturated rings. The van der Waals surface area contributed by atoms with Gasteiger partial charge in [0, 0.05) is 25.0 Å². The first-order valence-corrected chi connectivity index (χ1v) is 5.51. The van der Waals surface area contributed by atoms with E-state index in [1.807, 2.05) is 11.8 Å². The highest BCUT2D eigenvalue weighted by atomic mass is 32.2. The molecule has 1 rings (SSSR count). The Morgan fingerprint density at radius 3 is 2.73 bits per heavy atom. The van der Waals surface area contributed by atoms with Crippen LogP contribution in [0.3, 0.4) is 0 Å². The van der Waals surface area contributed by atoms with Crippen LogP contribution in [0.5, 0.6) is 0 Å². The molecular formula is C8H18N2S. The van der Waals surface area contributed by atoms with Gasteiger partial charge in [-0.3, -0.25) is 4.90 Å². The molecule has 0 aliphatic carbocycles. The van der Waals surface area contributed by atoms with Crippen LogP contribution >= 0.6 is 11.8 Å². The summed E-state index contributed by atoms with van der Waals surface area (Å²) in [4.78, 5) is 4.86. The number of hydrogen-bond donors (Lipinski definition) is 0. The van der Waals surface area contributed by atoms with E-state index in [0.29, 0.717) is 0 Å². The summed E-state index contributed by atoms with van der Waals surface area (Å²) in [6.07, 6.45) is 3.51. The van der Waals surface area contributed by atoms with E-state index in [2.05, 4.69) is 30.2 Å². The average Bonchev–Trinajstić information content (AvgIpc) is 2.37. The second kappa shape index (κ2) is 4.33. The van der Waals surface area contributed by atoms with Gasteiger partial charge < -0.3 is 4.90 Å². The van der Waals surface area contributed by atoms with Crippen molar-refractivity contribution in [1.29, 1.82) is 0 Å². The Kier molecular flexibility index (Phi) is 3.69. The lowest BCUT2D eigenvalue weighted by Gasteiger charge is -2.19. The van der Waals surface area contributed by atoms with Gasteiger partial charge in [0.15, 0.2) is 0 Å². The highest BCUT2D eigenvalue weighted by Gasteiger charge is 2.22. The first-order valence-electron chi connectivity index (χ1n) is 4.11. The third kappa shape index (κ3) is 2.65. The molecule has 1 atom stereocenters. The van der Waals surface area contributed by atoms with Crippen LogP contribution in [-0.4, -0.2) is 55.2 Å². The van der Waals surface area contributed by atoms with Crippen molar-refractivity contribution < 1.29 is 0 Å². The monoisotopic (exact) mass is 174 g/mol. The first kappa shape index (κ1) is 9.36. The minimum atomic E-state index is 0.794. The lowest BCUT2D eigenvalue weighted by molar-refractivity contribution is 0.285. The van der Waals surface area contributed by atoms with Crippen LogP contribution < -0.4 is 0 Å². The summed E-state index contributed by atoms with van der Waals surface area (Å²) < 4.78 is 0. The molecule has 0 bridgehead atoms. The number of hydrogen-bond acceptors (Lipinski definition) is 3. The van der Waals surface area contributed by atoms with Gasteiger partial charge in [-0.15, -0.1) is 11.8 Å². The predicted octanol–water partition coefficient (Wildman–Crippen LogP) is 0.943. The Hall–Kier alpha value is 0.270. The molecule has 0 aromatic carbocycles. The number of likely N-dealkylation sites (N-methyl/N-ethyl adjacent to an activating group) is 1. The first-order chi connectivity index (χ1) is 5.24. The molecule has 0 aromatic heterocycles. The maximum atomic E-state index is 2.52. The van der Waals surface area contributed by atoms with Crippen molar-refractivity contribution in [3.63, 3.8) is 0 Å². The van der Waals surface area contributed by atoms with Gasteiger partial charge >= 0.3 is 0 Å². The van der Waals surface area contributed by atoms with Crippen molar-refractivity contribution in [2.75, 3.05) is 39.3 Å². The molecule has 0 N–H and O–H groups in total. The summed E-state index contributed by atoms with van der Waals surface area (Å²) in [5.74, 6) is 1.20. The van der Waals surface area contributed by atoms with Gasteiger partial charge in [-0.1, -0.05) is 0 Å². The summed E-state index contributed by atoms with van der Waals surface area (Å²) in [5, 5.41) is 0. The van der Waals surface area contributed by atoms with E-state index in [1.165, 1.54) is 25.4 Å². The molecule has 3 heteroatoms. The van der Waals surface area contributed by atoms with Crippen molar-refractivity contribution in [2.45, 2.75) is 12.5 Å². The quantitative estimate of drug-likeness (QED) is 0.629. The number of thioether (sulfide) groups is 1. The molecule has 2 nitrogen and oxygen atoms in total. The van der Waals surface area contributed by atoms with Gasteiger partial charge in [-0.2, -0.15) is 0 Å². The normalized spacial score (nSPS) is 26.7. The van der Waals surface area contributed by atoms with Crippen LogP contribution in [0.1, 0.15) is 6.42 Å². The Morgan fingerprint density at radius 1 is 1.55 bits per heavy atom. The highest BCUT2D eigenvalue weighted by molar-refractivity contribution is 7.98. The minimum absolute atomic E-state index is 0.794. The van der Waals surface area contributed by atoms with Crippen molar-refractivity contribution in [3.05, 3.63) is 0 Å². The molecule has 1 aliphatic heterocycles. The van der Waals surface area contributed by atoms with Gasteiger partial charge in [0.05, 0.1) is 0 Å². The van der Waals surface area contributed by atoms with Crippen molar-refractivity contribution in [1.82, 2.24) is 9.80 Å². The zero-order valence-electron chi connectivity index (χ0n) is 7.71. The minimum Gasteiger partial charge on any atom is -0.305 e. The zero-order chi connectivity index (χ0) is 8.27. The molecular weight excluding hydrogens is 156 g/mol. The lowest BCUT2D eigenvalue weighted by atomic mass is 10.2. The maximum Gasteiger partial charge on any atom is 0.0442 e. The fraction of sp³-hybridized carbons (Fsp3) is 1.00. The van der Waals surface area contributed by atoms with E-state index in [9.17, 15) is 0 Å². The average molecular weight is 174 g/mol. The number of likely N-dealkylation sites (tertiary alicyclic amines) is 1. The zero-order valence-corrected chi connectivity index (χ0v) is 8.52. The molecule has 0 spiro atoms. The summed E-state index contributed by atoms with van der Waals surface area (Å²) in [5.41, 5.74) is 0. The van der Waals surface area contributed by atoms with Crippen molar-refractivity contribution in [2.24, 2.45) is 0 Å². The Bertz CT molecular complexity index is 117. The SMILES string of the molecule is CSCN1CCC(N(C)C)C1. The van der Waals surface area contributed by atoms with E-state index >= 15 is 0 Å². The Labute approximate surface area is 73.9 Å². The molecule has 0 amide bonds. The lowest BCUT2D eigenvalue weighted by Crippen LogP contribution is -2.31. The molecule has 11 heavy (non-hydrogen) atoms. The van der Waals surface area contributed by atoms with Crippen LogP contribution in [-0.2, 0) is 0 Å². The fourth-order valence-corrected chi connectivity index (χ4v) is 2.13. The van der Waals surface area contributed by atoms with Crippen LogP contribution in [0.4, 0.5) is 0 Å². The summed E-state index contributed by atoms with van der Waals surface area (Å²) in [6, 6.07) is 0.794. The molecule has 1 saturated heterocycles.